The van der Waals surface area contributed by atoms with Gasteiger partial charge in [-0.15, -0.1) is 0 Å². The molecule has 0 amide bonds. The molecule has 0 radical (unpaired) electrons. The molecule has 2 aromatic heterocycles. The summed E-state index contributed by atoms with van der Waals surface area (Å²) in [4.78, 5) is 9.36. The predicted octanol–water partition coefficient (Wildman–Crippen LogP) is 14.1. The number of aryl methyl sites for hydroxylation is 2. The maximum atomic E-state index is 18.4. The molecule has 7 aromatic rings. The van der Waals surface area contributed by atoms with Gasteiger partial charge in [0.15, 0.2) is 6.23 Å². The highest BCUT2D eigenvalue weighted by atomic mass is 19.4. The molecule has 4 heterocycles. The van der Waals surface area contributed by atoms with Gasteiger partial charge in [0.25, 0.3) is 0 Å². The number of methoxy groups -OCH3 is 2. The number of hydrogen-bond donors (Lipinski definition) is 0. The first-order valence-corrected chi connectivity index (χ1v) is 26.1. The van der Waals surface area contributed by atoms with E-state index in [1.807, 2.05) is 54.6 Å². The second kappa shape index (κ2) is 19.8. The van der Waals surface area contributed by atoms with Gasteiger partial charge >= 0.3 is 6.18 Å². The van der Waals surface area contributed by atoms with Crippen LogP contribution in [0.3, 0.4) is 0 Å². The number of hydrogen-bond acceptors (Lipinski definition) is 8. The first kappa shape index (κ1) is 49.9. The summed E-state index contributed by atoms with van der Waals surface area (Å²) in [5, 5.41) is 5.68. The van der Waals surface area contributed by atoms with Crippen LogP contribution in [0.15, 0.2) is 91.3 Å². The van der Waals surface area contributed by atoms with Crippen molar-refractivity contribution in [1.82, 2.24) is 19.7 Å². The summed E-state index contributed by atoms with van der Waals surface area (Å²) in [5.74, 6) is 0.480. The fourth-order valence-electron chi connectivity index (χ4n) is 12.7. The van der Waals surface area contributed by atoms with Gasteiger partial charge < -0.3 is 23.8 Å². The topological polar surface area (TPSA) is 74.1 Å². The first-order valence-electron chi connectivity index (χ1n) is 26.1. The quantitative estimate of drug-likeness (QED) is 0.0998. The monoisotopic (exact) mass is 1010 g/mol. The molecular weight excluding hydrogens is 950 g/mol. The van der Waals surface area contributed by atoms with E-state index in [2.05, 4.69) is 35.8 Å². The zero-order valence-electron chi connectivity index (χ0n) is 43.0. The van der Waals surface area contributed by atoms with Crippen LogP contribution < -0.4 is 19.1 Å². The van der Waals surface area contributed by atoms with Crippen molar-refractivity contribution < 1.29 is 40.9 Å². The van der Waals surface area contributed by atoms with Gasteiger partial charge in [0, 0.05) is 59.7 Å². The van der Waals surface area contributed by atoms with E-state index >= 15 is 22.0 Å². The van der Waals surface area contributed by atoms with E-state index in [0.29, 0.717) is 79.0 Å². The number of halogens is 5. The summed E-state index contributed by atoms with van der Waals surface area (Å²) < 4.78 is 107. The van der Waals surface area contributed by atoms with Crippen LogP contribution in [0.2, 0.25) is 0 Å². The molecule has 2 aliphatic heterocycles. The molecule has 0 bridgehead atoms. The molecule has 74 heavy (non-hydrogen) atoms. The lowest BCUT2D eigenvalue weighted by molar-refractivity contribution is -0.137. The average molecular weight is 1010 g/mol. The van der Waals surface area contributed by atoms with Gasteiger partial charge in [0.05, 0.1) is 37.7 Å². The van der Waals surface area contributed by atoms with Crippen molar-refractivity contribution in [2.45, 2.75) is 116 Å². The van der Waals surface area contributed by atoms with Crippen LogP contribution >= 0.6 is 0 Å². The van der Waals surface area contributed by atoms with Gasteiger partial charge in [-0.05, 0) is 176 Å². The molecule has 5 aromatic carbocycles. The van der Waals surface area contributed by atoms with Gasteiger partial charge in [-0.25, -0.2) is 18.4 Å². The second-order valence-electron chi connectivity index (χ2n) is 21.6. The lowest BCUT2D eigenvalue weighted by Crippen LogP contribution is -2.30. The summed E-state index contributed by atoms with van der Waals surface area (Å²) >= 11 is 0. The zero-order valence-corrected chi connectivity index (χ0v) is 43.0. The summed E-state index contributed by atoms with van der Waals surface area (Å²) in [6, 6.07) is 24.3. The van der Waals surface area contributed by atoms with Crippen molar-refractivity contribution in [2.24, 2.45) is 11.3 Å². The minimum atomic E-state index is -4.81. The van der Waals surface area contributed by atoms with Crippen molar-refractivity contribution in [1.29, 1.82) is 0 Å². The smallest absolute Gasteiger partial charge is 0.417 e. The SMILES string of the molecule is COc1ccc(CN(Cc2ccc(OC)cc2)c2ncc(F)cc2[C@H](C)C2c3cc(OC[C@@H]4CC5(CC5)CN4C)cc4c(F)c(-c5c(C(F)(F)F)c(C)cc6c5cnn6C5CCCCO5)cc(c34)CC[C@@H]2C)cc1. The number of likely N-dealkylation sites (N-methyl/N-ethyl adjacent to an activating group) is 1. The van der Waals surface area contributed by atoms with Crippen LogP contribution in [0, 0.1) is 29.9 Å². The summed E-state index contributed by atoms with van der Waals surface area (Å²) in [7, 11) is 5.38. The van der Waals surface area contributed by atoms with Gasteiger partial charge in [-0.3, -0.25) is 4.90 Å². The molecule has 388 valence electrons. The highest BCUT2D eigenvalue weighted by molar-refractivity contribution is 6.02. The second-order valence-corrected chi connectivity index (χ2v) is 21.6. The molecule has 5 atom stereocenters. The van der Waals surface area contributed by atoms with E-state index in [1.165, 1.54) is 38.2 Å². The maximum Gasteiger partial charge on any atom is 0.417 e. The number of fused-ring (bicyclic) bond motifs is 1. The van der Waals surface area contributed by atoms with Gasteiger partial charge in [0.2, 0.25) is 0 Å². The van der Waals surface area contributed by atoms with E-state index in [-0.39, 0.29) is 51.3 Å². The van der Waals surface area contributed by atoms with Gasteiger partial charge in [0.1, 0.15) is 41.3 Å². The fraction of sp³-hybridized carbons (Fsp3) is 0.433. The van der Waals surface area contributed by atoms with E-state index < -0.39 is 29.6 Å². The molecule has 9 nitrogen and oxygen atoms in total. The summed E-state index contributed by atoms with van der Waals surface area (Å²) in [5.41, 5.74) is 3.74. The molecule has 1 saturated carbocycles. The Morgan fingerprint density at radius 2 is 1.57 bits per heavy atom. The number of ether oxygens (including phenoxy) is 4. The Morgan fingerprint density at radius 1 is 0.865 bits per heavy atom. The lowest BCUT2D eigenvalue weighted by atomic mass is 9.74. The standard InChI is InChI=1S/C60H64F5N5O4/c1-35-10-15-40-24-48(55-50-30-67-70(52-9-7-8-22-73-52)51(50)23-36(2)56(55)60(63,64)65)57(62)49-27-45(74-33-42-28-59(20-21-59)34-68(42)4)26-47(54(40)49)53(35)37(3)46-25-41(61)29-66-58(46)69(31-38-11-16-43(71-5)17-12-38)32-39-13-18-44(72-6)19-14-39/h11-14,16-19,23-27,29-30,35,37,42,52-53H,7-10,15,20-22,28,31-34H2,1-6H3/t35-,37-,42-,52?,53?/m0/s1. The molecule has 0 N–H and O–H groups in total. The lowest BCUT2D eigenvalue weighted by Gasteiger charge is -2.34. The molecule has 2 aliphatic carbocycles. The number of aromatic nitrogens is 3. The number of rotatable bonds is 14. The van der Waals surface area contributed by atoms with Crippen LogP contribution in [0.25, 0.3) is 32.8 Å². The van der Waals surface area contributed by atoms with E-state index in [4.69, 9.17) is 23.9 Å². The van der Waals surface area contributed by atoms with Crippen molar-refractivity contribution in [3.63, 3.8) is 0 Å². The third kappa shape index (κ3) is 9.45. The molecule has 2 unspecified atom stereocenters. The van der Waals surface area contributed by atoms with Crippen LogP contribution in [-0.2, 0) is 30.4 Å². The predicted molar refractivity (Wildman–Crippen MR) is 278 cm³/mol. The summed E-state index contributed by atoms with van der Waals surface area (Å²) in [6.45, 7) is 8.46. The molecule has 4 aliphatic rings. The highest BCUT2D eigenvalue weighted by Gasteiger charge is 2.51. The van der Waals surface area contributed by atoms with Crippen LogP contribution in [-0.4, -0.2) is 66.7 Å². The average Bonchev–Trinajstić information content (AvgIpc) is 3.94. The number of alkyl halides is 3. The third-order valence-corrected chi connectivity index (χ3v) is 16.7. The molecule has 1 spiro atoms. The van der Waals surface area contributed by atoms with E-state index in [9.17, 15) is 0 Å². The van der Waals surface area contributed by atoms with Crippen LogP contribution in [0.1, 0.15) is 116 Å². The first-order chi connectivity index (χ1) is 35.6. The Hall–Kier alpha value is -6.25. The highest BCUT2D eigenvalue weighted by Crippen LogP contribution is 2.55. The van der Waals surface area contributed by atoms with E-state index in [0.717, 1.165) is 59.6 Å². The van der Waals surface area contributed by atoms with Crippen molar-refractivity contribution >= 4 is 27.5 Å². The molecular formula is C60H64F5N5O4. The van der Waals surface area contributed by atoms with E-state index in [1.54, 1.807) is 37.1 Å². The van der Waals surface area contributed by atoms with Crippen LogP contribution in [0.5, 0.6) is 17.2 Å². The van der Waals surface area contributed by atoms with Crippen molar-refractivity contribution in [2.75, 3.05) is 45.9 Å². The summed E-state index contributed by atoms with van der Waals surface area (Å²) in [6.07, 6.45) is 4.37. The Balaban J connectivity index is 1.08. The number of likely N-dealkylation sites (tertiary alicyclic amines) is 1. The van der Waals surface area contributed by atoms with Crippen molar-refractivity contribution in [3.8, 4) is 28.4 Å². The fourth-order valence-corrected chi connectivity index (χ4v) is 12.7. The molecule has 11 rings (SSSR count). The molecule has 2 saturated heterocycles. The van der Waals surface area contributed by atoms with Gasteiger partial charge in [-0.1, -0.05) is 38.1 Å². The van der Waals surface area contributed by atoms with Crippen molar-refractivity contribution in [3.05, 3.63) is 142 Å². The number of pyridine rings is 1. The maximum absolute atomic E-state index is 18.4. The minimum absolute atomic E-state index is 0.0233. The Bertz CT molecular complexity index is 3150. The number of nitrogens with zero attached hydrogens (tertiary/aromatic N) is 5. The van der Waals surface area contributed by atoms with Crippen LogP contribution in [0.4, 0.5) is 27.8 Å². The minimum Gasteiger partial charge on any atom is -0.497 e. The molecule has 3 fully saturated rings. The third-order valence-electron chi connectivity index (χ3n) is 16.7. The Kier molecular flexibility index (Phi) is 13.4. The largest absolute Gasteiger partial charge is 0.497 e. The van der Waals surface area contributed by atoms with Gasteiger partial charge in [-0.2, -0.15) is 18.3 Å². The zero-order chi connectivity index (χ0) is 51.6. The Labute approximate surface area is 429 Å². The Morgan fingerprint density at radius 3 is 2.19 bits per heavy atom. The number of anilines is 1. The molecule has 14 heteroatoms. The number of benzene rings is 5. The normalized spacial score (nSPS) is 21.0.